The second kappa shape index (κ2) is 29.2. The lowest BCUT2D eigenvalue weighted by Crippen LogP contribution is -1.75. The standard InChI is InChI=1S/C4H10O.2C4H8O/c3*1-2-3-4-5/h5H,2-4H2,1H3;2*3-5H,2H2,1H3. The molecule has 0 aromatic rings. The number of hydrogen-bond acceptors (Lipinski definition) is 3. The summed E-state index contributed by atoms with van der Waals surface area (Å²) in [7, 11) is 0. The maximum atomic E-state index is 8.07. The topological polar surface area (TPSA) is 60.7 Å². The number of rotatable bonds is 4. The van der Waals surface area contributed by atoms with E-state index in [1.54, 1.807) is 12.2 Å². The molecule has 92 valence electrons. The lowest BCUT2D eigenvalue weighted by Gasteiger charge is -1.79. The van der Waals surface area contributed by atoms with Crippen molar-refractivity contribution in [2.45, 2.75) is 46.5 Å². The largest absolute Gasteiger partial charge is 0.516 e. The first-order valence-electron chi connectivity index (χ1n) is 5.44. The van der Waals surface area contributed by atoms with E-state index in [2.05, 4.69) is 6.92 Å². The zero-order chi connectivity index (χ0) is 12.4. The summed E-state index contributed by atoms with van der Waals surface area (Å²) >= 11 is 0. The molecule has 0 aromatic heterocycles. The van der Waals surface area contributed by atoms with Crippen LogP contribution in [0.3, 0.4) is 0 Å². The molecule has 0 heterocycles. The maximum Gasteiger partial charge on any atom is 0.0751 e. The lowest BCUT2D eigenvalue weighted by molar-refractivity contribution is 0.287. The van der Waals surface area contributed by atoms with Crippen molar-refractivity contribution in [3.63, 3.8) is 0 Å². The summed E-state index contributed by atoms with van der Waals surface area (Å²) in [5.74, 6) is 0. The molecule has 0 aliphatic carbocycles. The van der Waals surface area contributed by atoms with Gasteiger partial charge < -0.3 is 15.3 Å². The van der Waals surface area contributed by atoms with Gasteiger partial charge in [-0.25, -0.2) is 0 Å². The average molecular weight is 218 g/mol. The summed E-state index contributed by atoms with van der Waals surface area (Å²) in [5, 5.41) is 23.8. The molecular formula is C12H26O3. The smallest absolute Gasteiger partial charge is 0.0751 e. The maximum absolute atomic E-state index is 8.07. The summed E-state index contributed by atoms with van der Waals surface area (Å²) < 4.78 is 0. The van der Waals surface area contributed by atoms with Crippen LogP contribution in [-0.2, 0) is 0 Å². The van der Waals surface area contributed by atoms with Crippen LogP contribution in [0, 0.1) is 0 Å². The van der Waals surface area contributed by atoms with Gasteiger partial charge in [0.2, 0.25) is 0 Å². The van der Waals surface area contributed by atoms with E-state index in [-0.39, 0.29) is 0 Å². The Balaban J connectivity index is -0.000000144. The molecule has 0 unspecified atom stereocenters. The number of aliphatic hydroxyl groups is 3. The van der Waals surface area contributed by atoms with E-state index in [4.69, 9.17) is 15.3 Å². The highest BCUT2D eigenvalue weighted by Gasteiger charge is 1.69. The van der Waals surface area contributed by atoms with Gasteiger partial charge in [-0.2, -0.15) is 0 Å². The molecule has 0 rings (SSSR count). The second-order valence-electron chi connectivity index (χ2n) is 2.66. The van der Waals surface area contributed by atoms with Crippen LogP contribution in [0.1, 0.15) is 46.5 Å². The van der Waals surface area contributed by atoms with Crippen molar-refractivity contribution in [3.8, 4) is 0 Å². The van der Waals surface area contributed by atoms with Gasteiger partial charge in [0.15, 0.2) is 0 Å². The first-order chi connectivity index (χ1) is 7.24. The van der Waals surface area contributed by atoms with E-state index in [1.165, 1.54) is 0 Å². The predicted molar refractivity (Wildman–Crippen MR) is 66.1 cm³/mol. The minimum atomic E-state index is 0.344. The van der Waals surface area contributed by atoms with Gasteiger partial charge in [0, 0.05) is 6.61 Å². The van der Waals surface area contributed by atoms with Crippen molar-refractivity contribution in [2.24, 2.45) is 0 Å². The zero-order valence-electron chi connectivity index (χ0n) is 10.2. The number of hydrogen-bond donors (Lipinski definition) is 3. The fraction of sp³-hybridized carbons (Fsp3) is 0.667. The van der Waals surface area contributed by atoms with Crippen LogP contribution in [0.2, 0.25) is 0 Å². The van der Waals surface area contributed by atoms with Crippen molar-refractivity contribution in [2.75, 3.05) is 6.61 Å². The Morgan fingerprint density at radius 2 is 1.27 bits per heavy atom. The molecule has 15 heavy (non-hydrogen) atoms. The molecule has 3 nitrogen and oxygen atoms in total. The molecular weight excluding hydrogens is 192 g/mol. The Bertz CT molecular complexity index is 106. The number of unbranched alkanes of at least 4 members (excludes halogenated alkanes) is 1. The summed E-state index contributed by atoms with van der Waals surface area (Å²) in [6.45, 7) is 6.33. The van der Waals surface area contributed by atoms with Gasteiger partial charge in [-0.05, 0) is 19.3 Å². The van der Waals surface area contributed by atoms with Crippen molar-refractivity contribution < 1.29 is 15.3 Å². The van der Waals surface area contributed by atoms with Gasteiger partial charge in [0.25, 0.3) is 0 Å². The summed E-state index contributed by atoms with van der Waals surface area (Å²) in [5.41, 5.74) is 0. The molecule has 0 fully saturated rings. The Morgan fingerprint density at radius 1 is 0.867 bits per heavy atom. The van der Waals surface area contributed by atoms with Gasteiger partial charge in [0.05, 0.1) is 12.5 Å². The predicted octanol–water partition coefficient (Wildman–Crippen LogP) is 3.72. The van der Waals surface area contributed by atoms with Crippen molar-refractivity contribution in [1.29, 1.82) is 0 Å². The van der Waals surface area contributed by atoms with E-state index < -0.39 is 0 Å². The fourth-order valence-electron chi connectivity index (χ4n) is 0.369. The Hall–Kier alpha value is -0.960. The molecule has 0 aromatic carbocycles. The molecule has 3 heteroatoms. The Kier molecular flexibility index (Phi) is 38.2. The van der Waals surface area contributed by atoms with Gasteiger partial charge in [-0.1, -0.05) is 39.3 Å². The van der Waals surface area contributed by atoms with E-state index in [0.717, 1.165) is 38.2 Å². The second-order valence-corrected chi connectivity index (χ2v) is 2.66. The normalized spacial score (nSPS) is 9.33. The van der Waals surface area contributed by atoms with Crippen LogP contribution in [-0.4, -0.2) is 21.9 Å². The van der Waals surface area contributed by atoms with Gasteiger partial charge in [-0.15, -0.1) is 0 Å². The highest BCUT2D eigenvalue weighted by Crippen LogP contribution is 1.78. The van der Waals surface area contributed by atoms with E-state index in [9.17, 15) is 0 Å². The molecule has 0 aliphatic heterocycles. The third-order valence-electron chi connectivity index (χ3n) is 1.19. The van der Waals surface area contributed by atoms with Crippen LogP contribution in [0.25, 0.3) is 0 Å². The molecule has 3 N–H and O–H groups in total. The van der Waals surface area contributed by atoms with Crippen molar-refractivity contribution in [3.05, 3.63) is 24.7 Å². The van der Waals surface area contributed by atoms with E-state index in [1.807, 2.05) is 13.8 Å². The molecule has 0 amide bonds. The van der Waals surface area contributed by atoms with Gasteiger partial charge >= 0.3 is 0 Å². The van der Waals surface area contributed by atoms with E-state index in [0.29, 0.717) is 6.61 Å². The van der Waals surface area contributed by atoms with Gasteiger partial charge in [-0.3, -0.25) is 0 Å². The molecule has 0 saturated carbocycles. The summed E-state index contributed by atoms with van der Waals surface area (Å²) in [4.78, 5) is 0. The third kappa shape index (κ3) is 62.6. The summed E-state index contributed by atoms with van der Waals surface area (Å²) in [6, 6.07) is 0. The minimum Gasteiger partial charge on any atom is -0.516 e. The molecule has 0 aliphatic rings. The van der Waals surface area contributed by atoms with E-state index >= 15 is 0 Å². The molecule has 0 atom stereocenters. The van der Waals surface area contributed by atoms with Gasteiger partial charge in [0.1, 0.15) is 0 Å². The highest BCUT2D eigenvalue weighted by molar-refractivity contribution is 4.67. The Labute approximate surface area is 93.8 Å². The molecule has 0 spiro atoms. The van der Waals surface area contributed by atoms with Crippen LogP contribution in [0.5, 0.6) is 0 Å². The van der Waals surface area contributed by atoms with Crippen LogP contribution < -0.4 is 0 Å². The summed E-state index contributed by atoms with van der Waals surface area (Å²) in [6.07, 6.45) is 9.34. The Morgan fingerprint density at radius 3 is 1.27 bits per heavy atom. The first-order valence-corrected chi connectivity index (χ1v) is 5.44. The number of allylic oxidation sites excluding steroid dienone is 2. The first kappa shape index (κ1) is 19.6. The third-order valence-corrected chi connectivity index (χ3v) is 1.19. The lowest BCUT2D eigenvalue weighted by atomic mass is 10.4. The van der Waals surface area contributed by atoms with Crippen LogP contribution >= 0.6 is 0 Å². The monoisotopic (exact) mass is 218 g/mol. The van der Waals surface area contributed by atoms with Crippen LogP contribution in [0.15, 0.2) is 24.7 Å². The minimum absolute atomic E-state index is 0.344. The highest BCUT2D eigenvalue weighted by atomic mass is 16.3. The quantitative estimate of drug-likeness (QED) is 0.630. The molecule has 0 bridgehead atoms. The number of aliphatic hydroxyl groups excluding tert-OH is 3. The molecule has 0 saturated heterocycles. The zero-order valence-corrected chi connectivity index (χ0v) is 10.2. The molecule has 0 radical (unpaired) electrons. The van der Waals surface area contributed by atoms with Crippen molar-refractivity contribution >= 4 is 0 Å². The fourth-order valence-corrected chi connectivity index (χ4v) is 0.369. The SMILES string of the molecule is CCC=CO.CCC=CO.CCCCO. The van der Waals surface area contributed by atoms with Crippen molar-refractivity contribution in [1.82, 2.24) is 0 Å². The van der Waals surface area contributed by atoms with Crippen LogP contribution in [0.4, 0.5) is 0 Å². The average Bonchev–Trinajstić information content (AvgIpc) is 2.23.